The van der Waals surface area contributed by atoms with Gasteiger partial charge in [0.1, 0.15) is 4.90 Å². The molecule has 0 spiro atoms. The molecule has 79 heavy (non-hydrogen) atoms. The predicted molar refractivity (Wildman–Crippen MR) is 308 cm³/mol. The number of hydrogen-bond acceptors (Lipinski definition) is 13. The summed E-state index contributed by atoms with van der Waals surface area (Å²) in [6.45, 7) is 9.41. The van der Waals surface area contributed by atoms with E-state index in [0.29, 0.717) is 120 Å². The van der Waals surface area contributed by atoms with Crippen molar-refractivity contribution in [1.82, 2.24) is 19.3 Å². The van der Waals surface area contributed by atoms with Crippen LogP contribution in [0, 0.1) is 6.92 Å². The minimum Gasteiger partial charge on any atom is -0.395 e. The van der Waals surface area contributed by atoms with Gasteiger partial charge in [-0.05, 0) is 116 Å². The molecule has 422 valence electrons. The van der Waals surface area contributed by atoms with Crippen LogP contribution in [0.25, 0.3) is 22.4 Å². The fourth-order valence-corrected chi connectivity index (χ4v) is 13.8. The van der Waals surface area contributed by atoms with Crippen molar-refractivity contribution in [3.63, 3.8) is 0 Å². The van der Waals surface area contributed by atoms with Gasteiger partial charge >= 0.3 is 5.51 Å². The summed E-state index contributed by atoms with van der Waals surface area (Å²) in [4.78, 5) is 24.3. The number of nitrogens with one attached hydrogen (secondary N) is 2. The van der Waals surface area contributed by atoms with Crippen LogP contribution in [0.2, 0.25) is 5.02 Å². The van der Waals surface area contributed by atoms with Gasteiger partial charge in [0.05, 0.1) is 34.6 Å². The lowest BCUT2D eigenvalue weighted by molar-refractivity contribution is -0.0436. The number of carbonyl (C=O) groups excluding carboxylic acids is 1. The maximum absolute atomic E-state index is 14.6. The molecule has 3 fully saturated rings. The van der Waals surface area contributed by atoms with Crippen LogP contribution in [-0.2, 0) is 26.9 Å². The van der Waals surface area contributed by atoms with Crippen molar-refractivity contribution in [3.05, 3.63) is 138 Å². The molecule has 0 saturated carbocycles. The van der Waals surface area contributed by atoms with Crippen LogP contribution in [0.1, 0.15) is 35.3 Å². The number of carbonyl (C=O) groups is 1. The number of sulfone groups is 1. The van der Waals surface area contributed by atoms with Crippen LogP contribution in [0.15, 0.2) is 136 Å². The number of piperazine rings is 2. The van der Waals surface area contributed by atoms with Gasteiger partial charge in [-0.1, -0.05) is 54.1 Å². The molecule has 4 heterocycles. The zero-order chi connectivity index (χ0) is 56.1. The van der Waals surface area contributed by atoms with E-state index in [0.717, 1.165) is 56.5 Å². The number of aliphatic hydroxyl groups excluding tert-OH is 2. The molecule has 4 N–H and O–H groups in total. The average Bonchev–Trinajstić information content (AvgIpc) is 4.02. The van der Waals surface area contributed by atoms with Crippen LogP contribution in [0.3, 0.4) is 0 Å². The van der Waals surface area contributed by atoms with E-state index in [-0.39, 0.29) is 30.0 Å². The first-order valence-electron chi connectivity index (χ1n) is 26.4. The normalized spacial score (nSPS) is 16.8. The second-order valence-electron chi connectivity index (χ2n) is 20.2. The van der Waals surface area contributed by atoms with Crippen molar-refractivity contribution < 1.29 is 45.0 Å². The van der Waals surface area contributed by atoms with Gasteiger partial charge in [0.25, 0.3) is 25.8 Å². The lowest BCUT2D eigenvalue weighted by Gasteiger charge is -2.37. The molecule has 1 atom stereocenters. The molecule has 22 heteroatoms. The Bertz CT molecular complexity index is 3300. The molecule has 9 rings (SSSR count). The number of aliphatic hydroxyl groups is 2. The number of aromatic nitrogens is 1. The average molecular weight is 1160 g/mol. The first-order chi connectivity index (χ1) is 37.8. The summed E-state index contributed by atoms with van der Waals surface area (Å²) in [5.41, 5.74) is 0.866. The summed E-state index contributed by atoms with van der Waals surface area (Å²) in [7, 11) is -8.66. The lowest BCUT2D eigenvalue weighted by atomic mass is 9.95. The van der Waals surface area contributed by atoms with E-state index in [9.17, 15) is 45.0 Å². The fourth-order valence-electron chi connectivity index (χ4n) is 10.5. The van der Waals surface area contributed by atoms with Gasteiger partial charge in [0.2, 0.25) is 0 Å². The highest BCUT2D eigenvalue weighted by molar-refractivity contribution is 7.99. The second kappa shape index (κ2) is 24.9. The zero-order valence-corrected chi connectivity index (χ0v) is 47.3. The molecule has 1 unspecified atom stereocenters. The number of halogens is 4. The van der Waals surface area contributed by atoms with E-state index in [1.54, 1.807) is 24.3 Å². The molecule has 5 aromatic carbocycles. The quantitative estimate of drug-likeness (QED) is 0.0568. The van der Waals surface area contributed by atoms with Crippen LogP contribution < -0.4 is 19.8 Å². The van der Waals surface area contributed by atoms with Crippen molar-refractivity contribution in [3.8, 4) is 22.4 Å². The number of hydrogen-bond donors (Lipinski definition) is 4. The molecule has 0 radical (unpaired) electrons. The minimum atomic E-state index is -6.03. The van der Waals surface area contributed by atoms with Crippen molar-refractivity contribution in [2.45, 2.75) is 58.5 Å². The zero-order valence-electron chi connectivity index (χ0n) is 44.1. The van der Waals surface area contributed by atoms with Crippen LogP contribution in [0.5, 0.6) is 0 Å². The minimum absolute atomic E-state index is 0.0431. The van der Waals surface area contributed by atoms with Crippen LogP contribution >= 0.6 is 23.4 Å². The lowest BCUT2D eigenvalue weighted by Crippen LogP contribution is -2.49. The van der Waals surface area contributed by atoms with E-state index in [1.165, 1.54) is 11.8 Å². The molecule has 0 bridgehead atoms. The number of nitrogens with zero attached hydrogens (tertiary/aromatic N) is 6. The van der Waals surface area contributed by atoms with Gasteiger partial charge in [-0.25, -0.2) is 16.8 Å². The molecule has 6 aromatic rings. The van der Waals surface area contributed by atoms with Crippen molar-refractivity contribution in [2.75, 3.05) is 111 Å². The molecule has 0 aliphatic carbocycles. The van der Waals surface area contributed by atoms with Crippen molar-refractivity contribution in [2.24, 2.45) is 7.05 Å². The van der Waals surface area contributed by atoms with Crippen molar-refractivity contribution >= 4 is 71.9 Å². The van der Waals surface area contributed by atoms with Gasteiger partial charge in [-0.2, -0.15) is 13.2 Å². The molecular formula is C57H66ClF3N8O7S3. The Hall–Kier alpha value is -5.78. The molecular weight excluding hydrogens is 1100 g/mol. The van der Waals surface area contributed by atoms with Gasteiger partial charge in [-0.3, -0.25) is 14.4 Å². The molecule has 15 nitrogen and oxygen atoms in total. The number of thioether (sulfide) groups is 1. The monoisotopic (exact) mass is 1160 g/mol. The number of amides is 1. The Morgan fingerprint density at radius 2 is 1.39 bits per heavy atom. The second-order valence-corrected chi connectivity index (χ2v) is 25.3. The molecule has 1 aromatic heterocycles. The summed E-state index contributed by atoms with van der Waals surface area (Å²) in [6, 6.07) is 34.0. The van der Waals surface area contributed by atoms with Crippen molar-refractivity contribution in [1.29, 1.82) is 0 Å². The third-order valence-electron chi connectivity index (χ3n) is 15.1. The standard InChI is InChI=1S/C57H66ClF3N8O7S3/c1-40-53(56(72)69-29-27-66(28-30-69)35-36-70)54(55(64(40)2)41-11-13-43(58)14-12-41)42-7-6-8-47(37-42)68-33-31-67(32-34-68)46-17-15-44(16-18-46)63-79(75,76)50-19-20-51(52(38-50)78(73,74)57(59,60)61)62-45(39-77-49-9-4-3-5-10-49)21-24-65-25-22-48(71)23-26-65/h3-20,37-38,45,48,62-63,70-71H,21-36,39H2,1-2H3. The summed E-state index contributed by atoms with van der Waals surface area (Å²) in [6.07, 6.45) is 1.24. The number of anilines is 4. The van der Waals surface area contributed by atoms with E-state index in [2.05, 4.69) is 46.3 Å². The summed E-state index contributed by atoms with van der Waals surface area (Å²) >= 11 is 7.79. The number of sulfonamides is 1. The van der Waals surface area contributed by atoms with Gasteiger partial charge in [0, 0.05) is 136 Å². The Kier molecular flexibility index (Phi) is 18.3. The smallest absolute Gasteiger partial charge is 0.395 e. The highest BCUT2D eigenvalue weighted by Crippen LogP contribution is 2.42. The number of piperidine rings is 1. The number of rotatable bonds is 19. The molecule has 1 amide bonds. The van der Waals surface area contributed by atoms with Gasteiger partial charge in [0.15, 0.2) is 0 Å². The Labute approximate surface area is 469 Å². The third-order valence-corrected chi connectivity index (χ3v) is 19.5. The molecule has 3 saturated heterocycles. The number of benzene rings is 5. The summed E-state index contributed by atoms with van der Waals surface area (Å²) in [5, 5.41) is 23.2. The molecule has 3 aliphatic rings. The maximum atomic E-state index is 14.6. The predicted octanol–water partition coefficient (Wildman–Crippen LogP) is 8.91. The van der Waals surface area contributed by atoms with E-state index in [4.69, 9.17) is 11.6 Å². The van der Waals surface area contributed by atoms with E-state index >= 15 is 0 Å². The third kappa shape index (κ3) is 13.5. The van der Waals surface area contributed by atoms with Gasteiger partial charge in [-0.15, -0.1) is 11.8 Å². The number of β-amino-alcohol motifs (C(OH)–C–C–N with tert-alkyl or cyclic N) is 1. The fraction of sp³-hybridized carbons (Fsp3) is 0.386. The topological polar surface area (TPSA) is 171 Å². The Morgan fingerprint density at radius 3 is 2.04 bits per heavy atom. The van der Waals surface area contributed by atoms with Gasteiger partial charge < -0.3 is 39.7 Å². The summed E-state index contributed by atoms with van der Waals surface area (Å²) < 4.78 is 102. The largest absolute Gasteiger partial charge is 0.501 e. The number of likely N-dealkylation sites (tertiary alicyclic amines) is 1. The van der Waals surface area contributed by atoms with Crippen LogP contribution in [-0.4, -0.2) is 161 Å². The van der Waals surface area contributed by atoms with E-state index in [1.807, 2.05) is 85.6 Å². The van der Waals surface area contributed by atoms with Crippen LogP contribution in [0.4, 0.5) is 35.9 Å². The van der Waals surface area contributed by atoms with E-state index < -0.39 is 41.2 Å². The maximum Gasteiger partial charge on any atom is 0.501 e. The first-order valence-corrected chi connectivity index (χ1v) is 30.7. The highest BCUT2D eigenvalue weighted by atomic mass is 35.5. The number of alkyl halides is 3. The SMILES string of the molecule is Cc1c(C(=O)N2CCN(CCO)CC2)c(-c2cccc(N3CCN(c4ccc(NS(=O)(=O)c5ccc(NC(CCN6CCC(O)CC6)CSc6ccccc6)c(S(=O)(=O)C(F)(F)F)c5)cc4)CC3)c2)c(-c2ccc(Cl)cc2)n1C. The highest BCUT2D eigenvalue weighted by Gasteiger charge is 2.48. The Morgan fingerprint density at radius 1 is 0.747 bits per heavy atom. The Balaban J connectivity index is 0.892. The first kappa shape index (κ1) is 57.9. The molecule has 3 aliphatic heterocycles. The summed E-state index contributed by atoms with van der Waals surface area (Å²) in [5.74, 6) is 0.325.